The molecular weight excluding hydrogens is 296 g/mol. The Labute approximate surface area is 145 Å². The Morgan fingerprint density at radius 2 is 1.12 bits per heavy atom. The average Bonchev–Trinajstić information content (AvgIpc) is 2.47. The van der Waals surface area contributed by atoms with Crippen molar-refractivity contribution in [3.05, 3.63) is 0 Å². The van der Waals surface area contributed by atoms with Crippen molar-refractivity contribution in [2.45, 2.75) is 76.2 Å². The number of carbonyl (C=O) groups is 1. The Balaban J connectivity index is 1.32. The second kappa shape index (κ2) is 4.07. The van der Waals surface area contributed by atoms with E-state index in [0.717, 1.165) is 41.4 Å². The van der Waals surface area contributed by atoms with Crippen molar-refractivity contribution < 1.29 is 9.53 Å². The van der Waals surface area contributed by atoms with E-state index in [9.17, 15) is 4.79 Å². The van der Waals surface area contributed by atoms with E-state index in [-0.39, 0.29) is 11.6 Å². The van der Waals surface area contributed by atoms with Crippen molar-refractivity contribution in [2.24, 2.45) is 52.8 Å². The highest BCUT2D eigenvalue weighted by molar-refractivity contribution is 5.82. The molecule has 1 unspecified atom stereocenters. The maximum atomic E-state index is 12.9. The third-order valence-electron chi connectivity index (χ3n) is 10.1. The molecule has 130 valence electrons. The van der Waals surface area contributed by atoms with E-state index in [1.807, 2.05) is 0 Å². The van der Waals surface area contributed by atoms with Crippen LogP contribution in [0.1, 0.15) is 70.6 Å². The van der Waals surface area contributed by atoms with Gasteiger partial charge < -0.3 is 4.74 Å². The minimum atomic E-state index is 0.0101. The van der Waals surface area contributed by atoms with Gasteiger partial charge in [0, 0.05) is 11.8 Å². The second-order valence-corrected chi connectivity index (χ2v) is 11.3. The minimum Gasteiger partial charge on any atom is -0.457 e. The van der Waals surface area contributed by atoms with Crippen molar-refractivity contribution in [1.29, 1.82) is 0 Å². The summed E-state index contributed by atoms with van der Waals surface area (Å²) in [6, 6.07) is 0. The summed E-state index contributed by atoms with van der Waals surface area (Å²) in [5.41, 5.74) is 0.371. The van der Waals surface area contributed by atoms with E-state index in [0.29, 0.717) is 11.3 Å². The van der Waals surface area contributed by atoms with Crippen molar-refractivity contribution >= 4 is 5.97 Å². The smallest absolute Gasteiger partial charge is 0.314 e. The van der Waals surface area contributed by atoms with Gasteiger partial charge >= 0.3 is 5.97 Å². The normalized spacial score (nSPS) is 65.2. The molecule has 1 saturated heterocycles. The molecule has 1 spiro atoms. The van der Waals surface area contributed by atoms with Crippen molar-refractivity contribution in [2.75, 3.05) is 0 Å². The monoisotopic (exact) mass is 326 g/mol. The van der Waals surface area contributed by atoms with Crippen LogP contribution < -0.4 is 0 Å². The molecular formula is C22H30O2. The summed E-state index contributed by atoms with van der Waals surface area (Å²) in [7, 11) is 0. The number of rotatable bonds is 1. The van der Waals surface area contributed by atoms with Crippen LogP contribution in [0, 0.1) is 52.8 Å². The van der Waals surface area contributed by atoms with Crippen LogP contribution in [0.25, 0.3) is 0 Å². The predicted molar refractivity (Wildman–Crippen MR) is 90.0 cm³/mol. The molecule has 1 atom stereocenters. The first-order chi connectivity index (χ1) is 11.6. The van der Waals surface area contributed by atoms with Crippen LogP contribution in [0.15, 0.2) is 0 Å². The standard InChI is InChI=1S/C22H30O2/c23-20-19(21-9-14-2-15(10-21)4-16(3-14)11-21)22(24-20)17-5-12-1-13(7-17)8-18(22)6-12/h12-19H,1-11H2. The topological polar surface area (TPSA) is 26.3 Å². The minimum absolute atomic E-state index is 0.0101. The van der Waals surface area contributed by atoms with E-state index in [2.05, 4.69) is 0 Å². The fourth-order valence-corrected chi connectivity index (χ4v) is 10.2. The van der Waals surface area contributed by atoms with E-state index >= 15 is 0 Å². The summed E-state index contributed by atoms with van der Waals surface area (Å²) < 4.78 is 6.27. The first kappa shape index (κ1) is 13.6. The molecule has 1 heterocycles. The molecule has 1 aliphatic heterocycles. The first-order valence-corrected chi connectivity index (χ1v) is 10.9. The van der Waals surface area contributed by atoms with Gasteiger partial charge in [-0.2, -0.15) is 0 Å². The van der Waals surface area contributed by atoms with Gasteiger partial charge in [0.15, 0.2) is 0 Å². The van der Waals surface area contributed by atoms with Gasteiger partial charge in [-0.05, 0) is 106 Å². The Morgan fingerprint density at radius 1 is 0.667 bits per heavy atom. The molecule has 0 aromatic rings. The fourth-order valence-electron chi connectivity index (χ4n) is 10.2. The van der Waals surface area contributed by atoms with Gasteiger partial charge in [0.1, 0.15) is 11.5 Å². The molecule has 8 bridgehead atoms. The SMILES string of the molecule is O=C1OC2(C3CC4CC(C3)CC2C4)C1C12CC3CC(CC(C3)C1)C2. The summed E-state index contributed by atoms with van der Waals surface area (Å²) in [4.78, 5) is 12.9. The lowest BCUT2D eigenvalue weighted by Crippen LogP contribution is -2.75. The Bertz CT molecular complexity index is 556. The highest BCUT2D eigenvalue weighted by atomic mass is 16.6. The molecule has 0 amide bonds. The molecule has 9 aliphatic rings. The van der Waals surface area contributed by atoms with Crippen LogP contribution in [0.4, 0.5) is 0 Å². The van der Waals surface area contributed by atoms with Crippen LogP contribution in [-0.2, 0) is 9.53 Å². The van der Waals surface area contributed by atoms with E-state index in [1.165, 1.54) is 70.6 Å². The average molecular weight is 326 g/mol. The summed E-state index contributed by atoms with van der Waals surface area (Å²) in [5, 5.41) is 0. The third-order valence-corrected chi connectivity index (χ3v) is 10.1. The van der Waals surface area contributed by atoms with Crippen molar-refractivity contribution in [1.82, 2.24) is 0 Å². The molecule has 9 rings (SSSR count). The number of carbonyl (C=O) groups excluding carboxylic acids is 1. The number of hydrogen-bond donors (Lipinski definition) is 0. The lowest BCUT2D eigenvalue weighted by molar-refractivity contribution is -0.309. The zero-order chi connectivity index (χ0) is 15.7. The van der Waals surface area contributed by atoms with Gasteiger partial charge in [0.25, 0.3) is 0 Å². The first-order valence-electron chi connectivity index (χ1n) is 10.9. The summed E-state index contributed by atoms with van der Waals surface area (Å²) in [6.45, 7) is 0. The van der Waals surface area contributed by atoms with E-state index < -0.39 is 0 Å². The number of hydrogen-bond acceptors (Lipinski definition) is 2. The Kier molecular flexibility index (Phi) is 2.31. The van der Waals surface area contributed by atoms with Crippen LogP contribution in [0.5, 0.6) is 0 Å². The maximum absolute atomic E-state index is 12.9. The van der Waals surface area contributed by atoms with E-state index in [4.69, 9.17) is 4.74 Å². The Morgan fingerprint density at radius 3 is 1.58 bits per heavy atom. The number of ether oxygens (including phenoxy) is 1. The molecule has 0 radical (unpaired) electrons. The molecule has 0 aromatic carbocycles. The Hall–Kier alpha value is -0.530. The zero-order valence-corrected chi connectivity index (χ0v) is 14.7. The number of esters is 1. The highest BCUT2D eigenvalue weighted by Crippen LogP contribution is 2.73. The van der Waals surface area contributed by atoms with Gasteiger partial charge in [-0.1, -0.05) is 0 Å². The molecule has 0 N–H and O–H groups in total. The van der Waals surface area contributed by atoms with Gasteiger partial charge in [0.2, 0.25) is 0 Å². The van der Waals surface area contributed by atoms with E-state index in [1.54, 1.807) is 0 Å². The molecule has 8 saturated carbocycles. The largest absolute Gasteiger partial charge is 0.457 e. The molecule has 8 aliphatic carbocycles. The molecule has 2 nitrogen and oxygen atoms in total. The van der Waals surface area contributed by atoms with Gasteiger partial charge in [0.05, 0.1) is 0 Å². The summed E-state index contributed by atoms with van der Waals surface area (Å²) in [5.74, 6) is 6.74. The molecule has 24 heavy (non-hydrogen) atoms. The maximum Gasteiger partial charge on any atom is 0.314 e. The van der Waals surface area contributed by atoms with Crippen molar-refractivity contribution in [3.8, 4) is 0 Å². The molecule has 2 heteroatoms. The van der Waals surface area contributed by atoms with Crippen LogP contribution in [-0.4, -0.2) is 11.6 Å². The fraction of sp³-hybridized carbons (Fsp3) is 0.955. The molecule has 9 fully saturated rings. The quantitative estimate of drug-likeness (QED) is 0.660. The lowest BCUT2D eigenvalue weighted by Gasteiger charge is -2.71. The van der Waals surface area contributed by atoms with Crippen molar-refractivity contribution in [3.63, 3.8) is 0 Å². The summed E-state index contributed by atoms with van der Waals surface area (Å²) in [6.07, 6.45) is 15.5. The van der Waals surface area contributed by atoms with Gasteiger partial charge in [-0.25, -0.2) is 0 Å². The lowest BCUT2D eigenvalue weighted by atomic mass is 9.38. The second-order valence-electron chi connectivity index (χ2n) is 11.3. The summed E-state index contributed by atoms with van der Waals surface area (Å²) >= 11 is 0. The molecule has 0 aromatic heterocycles. The van der Waals surface area contributed by atoms with Crippen LogP contribution in [0.3, 0.4) is 0 Å². The zero-order valence-electron chi connectivity index (χ0n) is 14.7. The van der Waals surface area contributed by atoms with Crippen LogP contribution >= 0.6 is 0 Å². The third kappa shape index (κ3) is 1.42. The highest BCUT2D eigenvalue weighted by Gasteiger charge is 2.75. The van der Waals surface area contributed by atoms with Crippen LogP contribution in [0.2, 0.25) is 0 Å². The predicted octanol–water partition coefficient (Wildman–Crippen LogP) is 4.57. The van der Waals surface area contributed by atoms with Gasteiger partial charge in [-0.15, -0.1) is 0 Å². The van der Waals surface area contributed by atoms with Gasteiger partial charge in [-0.3, -0.25) is 4.79 Å².